The second-order valence-electron chi connectivity index (χ2n) is 3.83. The van der Waals surface area contributed by atoms with Crippen LogP contribution in [-0.4, -0.2) is 11.4 Å². The fourth-order valence-electron chi connectivity index (χ4n) is 3.22. The molecule has 0 aromatic carbocycles. The van der Waals surface area contributed by atoms with Crippen molar-refractivity contribution in [2.75, 3.05) is 0 Å². The number of hydrogen-bond acceptors (Lipinski definition) is 0. The van der Waals surface area contributed by atoms with E-state index in [2.05, 4.69) is 5.73 Å². The summed E-state index contributed by atoms with van der Waals surface area (Å²) in [5.74, 6) is 3.67. The van der Waals surface area contributed by atoms with E-state index < -0.39 is 0 Å². The summed E-state index contributed by atoms with van der Waals surface area (Å²) in [6.07, 6.45) is 1.40. The molecule has 0 aromatic heterocycles. The summed E-state index contributed by atoms with van der Waals surface area (Å²) in [4.78, 5) is 0. The zero-order chi connectivity index (χ0) is 6.17. The van der Waals surface area contributed by atoms with Crippen molar-refractivity contribution >= 4 is 11.6 Å². The molecule has 0 radical (unpaired) electrons. The van der Waals surface area contributed by atoms with Crippen LogP contribution in [0, 0.1) is 23.7 Å². The lowest BCUT2D eigenvalue weighted by molar-refractivity contribution is -0.429. The molecule has 4 rings (SSSR count). The van der Waals surface area contributed by atoms with Gasteiger partial charge in [-0.1, -0.05) is 0 Å². The molecule has 0 spiro atoms. The number of rotatable bonds is 0. The Kier molecular flexibility index (Phi) is 0.647. The summed E-state index contributed by atoms with van der Waals surface area (Å²) in [5, 5.41) is 0.516. The van der Waals surface area contributed by atoms with Gasteiger partial charge in [-0.2, -0.15) is 0 Å². The molecule has 4 aliphatic carbocycles. The van der Waals surface area contributed by atoms with Crippen molar-refractivity contribution in [2.24, 2.45) is 23.7 Å². The van der Waals surface area contributed by atoms with Crippen LogP contribution in [0.2, 0.25) is 0 Å². The first-order chi connectivity index (χ1) is 4.30. The molecule has 50 valence electrons. The van der Waals surface area contributed by atoms with E-state index in [0.29, 0.717) is 5.38 Å². The molecule has 6 atom stereocenters. The van der Waals surface area contributed by atoms with Crippen LogP contribution in [0.4, 0.5) is 0 Å². The van der Waals surface area contributed by atoms with Crippen molar-refractivity contribution < 1.29 is 5.73 Å². The molecule has 0 heterocycles. The molecule has 6 unspecified atom stereocenters. The number of quaternary nitrogens is 1. The lowest BCUT2D eigenvalue weighted by atomic mass is 10.1. The largest absolute Gasteiger partial charge is 0.355 e. The van der Waals surface area contributed by atoms with Crippen LogP contribution in [0.15, 0.2) is 0 Å². The fraction of sp³-hybridized carbons (Fsp3) is 1.00. The third-order valence-electron chi connectivity index (χ3n) is 3.66. The minimum Gasteiger partial charge on any atom is -0.355 e. The van der Waals surface area contributed by atoms with Gasteiger partial charge in [-0.15, -0.1) is 11.6 Å². The molecule has 4 saturated carbocycles. The minimum absolute atomic E-state index is 0.516. The minimum atomic E-state index is 0.516. The number of halogens is 1. The highest BCUT2D eigenvalue weighted by Crippen LogP contribution is 2.70. The molecular formula is C7H11ClN+. The van der Waals surface area contributed by atoms with Crippen LogP contribution in [0.5, 0.6) is 0 Å². The normalized spacial score (nSPS) is 75.3. The summed E-state index contributed by atoms with van der Waals surface area (Å²) in [7, 11) is 0. The van der Waals surface area contributed by atoms with Crippen LogP contribution in [0.3, 0.4) is 0 Å². The van der Waals surface area contributed by atoms with Crippen LogP contribution < -0.4 is 5.73 Å². The molecule has 0 amide bonds. The zero-order valence-electron chi connectivity index (χ0n) is 5.26. The summed E-state index contributed by atoms with van der Waals surface area (Å²) < 4.78 is 0. The van der Waals surface area contributed by atoms with Crippen molar-refractivity contribution in [2.45, 2.75) is 17.8 Å². The van der Waals surface area contributed by atoms with Crippen LogP contribution in [-0.2, 0) is 0 Å². The Morgan fingerprint density at radius 2 is 2.00 bits per heavy atom. The van der Waals surface area contributed by atoms with Crippen LogP contribution >= 0.6 is 11.6 Å². The van der Waals surface area contributed by atoms with Crippen LogP contribution in [0.1, 0.15) is 6.42 Å². The molecule has 1 nitrogen and oxygen atoms in total. The van der Waals surface area contributed by atoms with E-state index in [4.69, 9.17) is 11.6 Å². The Bertz CT molecular complexity index is 150. The summed E-state index contributed by atoms with van der Waals surface area (Å²) in [6, 6.07) is 0.725. The van der Waals surface area contributed by atoms with Gasteiger partial charge in [0.1, 0.15) is 0 Å². The quantitative estimate of drug-likeness (QED) is 0.467. The highest BCUT2D eigenvalue weighted by Gasteiger charge is 2.74. The predicted octanol–water partition coefficient (Wildman–Crippen LogP) is 0.1000. The average molecular weight is 145 g/mol. The Morgan fingerprint density at radius 3 is 2.11 bits per heavy atom. The smallest absolute Gasteiger partial charge is 0.0921 e. The van der Waals surface area contributed by atoms with Gasteiger partial charge in [0.05, 0.1) is 6.04 Å². The Hall–Kier alpha value is 0.250. The Morgan fingerprint density at radius 1 is 1.22 bits per heavy atom. The summed E-state index contributed by atoms with van der Waals surface area (Å²) in [5.41, 5.74) is 4.15. The third-order valence-corrected chi connectivity index (χ3v) is 4.27. The van der Waals surface area contributed by atoms with Crippen molar-refractivity contribution in [3.8, 4) is 0 Å². The zero-order valence-corrected chi connectivity index (χ0v) is 6.01. The molecule has 0 aromatic rings. The standard InChI is InChI=1S/C7H10ClN/c8-6-3-1-2-4(6)5(2)7(3)9/h2-7H,1,9H2/p+1. The van der Waals surface area contributed by atoms with Gasteiger partial charge in [0.15, 0.2) is 0 Å². The van der Waals surface area contributed by atoms with Gasteiger partial charge in [-0.3, -0.25) is 0 Å². The van der Waals surface area contributed by atoms with Gasteiger partial charge >= 0.3 is 0 Å². The maximum atomic E-state index is 6.15. The monoisotopic (exact) mass is 144 g/mol. The van der Waals surface area contributed by atoms with Gasteiger partial charge in [-0.05, 0) is 18.3 Å². The topological polar surface area (TPSA) is 27.6 Å². The van der Waals surface area contributed by atoms with E-state index in [1.807, 2.05) is 0 Å². The highest BCUT2D eigenvalue weighted by atomic mass is 35.5. The Labute approximate surface area is 59.6 Å². The summed E-state index contributed by atoms with van der Waals surface area (Å²) in [6.45, 7) is 0. The van der Waals surface area contributed by atoms with Crippen molar-refractivity contribution in [1.82, 2.24) is 0 Å². The van der Waals surface area contributed by atoms with Gasteiger partial charge in [0.2, 0.25) is 0 Å². The summed E-state index contributed by atoms with van der Waals surface area (Å²) >= 11 is 6.15. The van der Waals surface area contributed by atoms with Crippen molar-refractivity contribution in [1.29, 1.82) is 0 Å². The molecule has 4 fully saturated rings. The third kappa shape index (κ3) is 0.352. The van der Waals surface area contributed by atoms with Gasteiger partial charge < -0.3 is 5.73 Å². The van der Waals surface area contributed by atoms with Crippen molar-refractivity contribution in [3.63, 3.8) is 0 Å². The molecule has 3 N–H and O–H groups in total. The van der Waals surface area contributed by atoms with E-state index in [-0.39, 0.29) is 0 Å². The maximum absolute atomic E-state index is 6.15. The molecule has 2 heteroatoms. The van der Waals surface area contributed by atoms with Gasteiger partial charge in [0, 0.05) is 17.2 Å². The second kappa shape index (κ2) is 1.17. The molecule has 4 bridgehead atoms. The van der Waals surface area contributed by atoms with Gasteiger partial charge in [-0.25, -0.2) is 0 Å². The fourth-order valence-corrected chi connectivity index (χ4v) is 3.86. The van der Waals surface area contributed by atoms with E-state index in [0.717, 1.165) is 29.7 Å². The van der Waals surface area contributed by atoms with Crippen LogP contribution in [0.25, 0.3) is 0 Å². The average Bonchev–Trinajstić information content (AvgIpc) is 2.18. The first-order valence-corrected chi connectivity index (χ1v) is 4.21. The lowest BCUT2D eigenvalue weighted by Crippen LogP contribution is -2.63. The molecule has 9 heavy (non-hydrogen) atoms. The molecular weight excluding hydrogens is 134 g/mol. The van der Waals surface area contributed by atoms with E-state index >= 15 is 0 Å². The first kappa shape index (κ1) is 4.97. The SMILES string of the molecule is [NH3+]C1C2CC3C1C3C2Cl. The maximum Gasteiger partial charge on any atom is 0.0921 e. The molecule has 0 aliphatic heterocycles. The molecule has 4 aliphatic rings. The van der Waals surface area contributed by atoms with Gasteiger partial charge in [0.25, 0.3) is 0 Å². The number of hydrogen-bond donors (Lipinski definition) is 1. The lowest BCUT2D eigenvalue weighted by Gasteiger charge is -2.06. The Balaban J connectivity index is 2.07. The van der Waals surface area contributed by atoms with E-state index in [1.165, 1.54) is 6.42 Å². The second-order valence-corrected chi connectivity index (χ2v) is 4.33. The predicted molar refractivity (Wildman–Crippen MR) is 34.9 cm³/mol. The molecule has 0 saturated heterocycles. The van der Waals surface area contributed by atoms with E-state index in [9.17, 15) is 0 Å². The number of alkyl halides is 1. The highest BCUT2D eigenvalue weighted by molar-refractivity contribution is 6.21. The first-order valence-electron chi connectivity index (χ1n) is 3.78. The van der Waals surface area contributed by atoms with Crippen molar-refractivity contribution in [3.05, 3.63) is 0 Å². The van der Waals surface area contributed by atoms with E-state index in [1.54, 1.807) is 0 Å².